The van der Waals surface area contributed by atoms with E-state index in [1.807, 2.05) is 36.4 Å². The minimum atomic E-state index is -3.84. The Balaban J connectivity index is 1.18. The van der Waals surface area contributed by atoms with E-state index < -0.39 is 20.0 Å². The van der Waals surface area contributed by atoms with Crippen LogP contribution in [-0.2, 0) is 24.8 Å². The Bertz CT molecular complexity index is 1740. The van der Waals surface area contributed by atoms with E-state index in [-0.39, 0.29) is 48.4 Å². The summed E-state index contributed by atoms with van der Waals surface area (Å²) in [7, 11) is -7.56. The third-order valence-electron chi connectivity index (χ3n) is 6.91. The molecule has 10 heteroatoms. The predicted octanol–water partition coefficient (Wildman–Crippen LogP) is 3.03. The SMILES string of the molecule is O=C(CN1c2cccc3cccc(c23)S1(=O)=O)N1CCN(S(=O)(=O)c2ccc3ccccc3c2)CC1. The van der Waals surface area contributed by atoms with Crippen LogP contribution in [0.25, 0.3) is 21.5 Å². The van der Waals surface area contributed by atoms with Crippen LogP contribution in [0.2, 0.25) is 0 Å². The largest absolute Gasteiger partial charge is 0.338 e. The molecule has 0 radical (unpaired) electrons. The molecular weight excluding hydrogens is 498 g/mol. The van der Waals surface area contributed by atoms with Crippen molar-refractivity contribution in [3.8, 4) is 0 Å². The number of fused-ring (bicyclic) bond motifs is 1. The van der Waals surface area contributed by atoms with Crippen molar-refractivity contribution in [3.05, 3.63) is 78.9 Å². The highest BCUT2D eigenvalue weighted by atomic mass is 32.2. The topological polar surface area (TPSA) is 95.1 Å². The molecule has 36 heavy (non-hydrogen) atoms. The normalized spacial score (nSPS) is 17.7. The fourth-order valence-electron chi connectivity index (χ4n) is 5.01. The summed E-state index contributed by atoms with van der Waals surface area (Å²) < 4.78 is 55.4. The molecule has 0 N–H and O–H groups in total. The average Bonchev–Trinajstić information content (AvgIpc) is 3.11. The van der Waals surface area contributed by atoms with E-state index in [1.165, 1.54) is 9.21 Å². The van der Waals surface area contributed by atoms with Gasteiger partial charge in [0.05, 0.1) is 15.5 Å². The summed E-state index contributed by atoms with van der Waals surface area (Å²) in [6.07, 6.45) is 0. The molecule has 1 amide bonds. The second-order valence-electron chi connectivity index (χ2n) is 8.94. The van der Waals surface area contributed by atoms with Crippen LogP contribution in [0.3, 0.4) is 0 Å². The van der Waals surface area contributed by atoms with Crippen molar-refractivity contribution in [2.75, 3.05) is 37.0 Å². The maximum Gasteiger partial charge on any atom is 0.265 e. The van der Waals surface area contributed by atoms with Gasteiger partial charge >= 0.3 is 0 Å². The van der Waals surface area contributed by atoms with Crippen LogP contribution < -0.4 is 4.31 Å². The molecule has 4 aromatic carbocycles. The number of rotatable bonds is 4. The lowest BCUT2D eigenvalue weighted by Crippen LogP contribution is -2.52. The number of carbonyl (C=O) groups is 1. The van der Waals surface area contributed by atoms with Gasteiger partial charge < -0.3 is 4.90 Å². The molecule has 8 nitrogen and oxygen atoms in total. The van der Waals surface area contributed by atoms with Gasteiger partial charge in [0.15, 0.2) is 0 Å². The van der Waals surface area contributed by atoms with Gasteiger partial charge in [-0.3, -0.25) is 9.10 Å². The van der Waals surface area contributed by atoms with E-state index in [9.17, 15) is 21.6 Å². The van der Waals surface area contributed by atoms with Gasteiger partial charge in [0.25, 0.3) is 10.0 Å². The lowest BCUT2D eigenvalue weighted by atomic mass is 10.1. The van der Waals surface area contributed by atoms with Crippen molar-refractivity contribution in [1.29, 1.82) is 0 Å². The second-order valence-corrected chi connectivity index (χ2v) is 12.7. The smallest absolute Gasteiger partial charge is 0.265 e. The molecule has 4 aromatic rings. The number of nitrogens with zero attached hydrogens (tertiary/aromatic N) is 3. The number of benzene rings is 4. The summed E-state index contributed by atoms with van der Waals surface area (Å²) in [6.45, 7) is 0.341. The van der Waals surface area contributed by atoms with Crippen LogP contribution in [0.1, 0.15) is 0 Å². The number of amides is 1. The predicted molar refractivity (Wildman–Crippen MR) is 138 cm³/mol. The molecule has 6 rings (SSSR count). The number of carbonyl (C=O) groups excluding carboxylic acids is 1. The molecule has 2 aliphatic rings. The zero-order chi connectivity index (χ0) is 25.1. The molecule has 1 fully saturated rings. The first-order valence-corrected chi connectivity index (χ1v) is 14.5. The van der Waals surface area contributed by atoms with Gasteiger partial charge in [0.1, 0.15) is 6.54 Å². The molecule has 2 heterocycles. The van der Waals surface area contributed by atoms with Gasteiger partial charge in [-0.25, -0.2) is 16.8 Å². The quantitative estimate of drug-likeness (QED) is 0.412. The highest BCUT2D eigenvalue weighted by molar-refractivity contribution is 7.93. The summed E-state index contributed by atoms with van der Waals surface area (Å²) in [4.78, 5) is 15.1. The van der Waals surface area contributed by atoms with Crippen LogP contribution in [0.4, 0.5) is 5.69 Å². The van der Waals surface area contributed by atoms with Crippen LogP contribution in [0, 0.1) is 0 Å². The van der Waals surface area contributed by atoms with E-state index in [4.69, 9.17) is 0 Å². The molecule has 0 unspecified atom stereocenters. The fourth-order valence-corrected chi connectivity index (χ4v) is 8.12. The Morgan fingerprint density at radius 1 is 0.778 bits per heavy atom. The summed E-state index contributed by atoms with van der Waals surface area (Å²) in [6, 6.07) is 23.0. The molecule has 0 atom stereocenters. The van der Waals surface area contributed by atoms with Crippen LogP contribution >= 0.6 is 0 Å². The average molecular weight is 522 g/mol. The fraction of sp³-hybridized carbons (Fsp3) is 0.192. The van der Waals surface area contributed by atoms with Crippen LogP contribution in [-0.4, -0.2) is 64.7 Å². The Hall–Kier alpha value is -3.47. The standard InChI is InChI=1S/C26H23N3O5S2/c30-25(18-29-23-9-3-7-20-8-4-10-24(26(20)23)36(29,33)34)27-13-15-28(16-14-27)35(31,32)22-12-11-19-5-1-2-6-21(19)17-22/h1-12,17H,13-16,18H2. The number of piperazine rings is 1. The molecule has 0 aliphatic carbocycles. The summed E-state index contributed by atoms with van der Waals surface area (Å²) in [5.74, 6) is -0.355. The second kappa shape index (κ2) is 8.29. The van der Waals surface area contributed by atoms with Crippen molar-refractivity contribution in [3.63, 3.8) is 0 Å². The van der Waals surface area contributed by atoms with Gasteiger partial charge in [0.2, 0.25) is 15.9 Å². The lowest BCUT2D eigenvalue weighted by Gasteiger charge is -2.35. The molecule has 184 valence electrons. The molecule has 0 bridgehead atoms. The number of anilines is 1. The molecule has 0 saturated carbocycles. The van der Waals surface area contributed by atoms with E-state index >= 15 is 0 Å². The molecule has 0 spiro atoms. The summed E-state index contributed by atoms with van der Waals surface area (Å²) in [5.41, 5.74) is 0.494. The van der Waals surface area contributed by atoms with Gasteiger partial charge in [0, 0.05) is 31.6 Å². The minimum absolute atomic E-state index is 0.142. The third kappa shape index (κ3) is 3.56. The van der Waals surface area contributed by atoms with Crippen molar-refractivity contribution in [2.45, 2.75) is 9.79 Å². The Morgan fingerprint density at radius 3 is 2.19 bits per heavy atom. The van der Waals surface area contributed by atoms with E-state index in [1.54, 1.807) is 42.5 Å². The van der Waals surface area contributed by atoms with Crippen molar-refractivity contribution in [2.24, 2.45) is 0 Å². The maximum atomic E-state index is 13.2. The van der Waals surface area contributed by atoms with Gasteiger partial charge in [-0.2, -0.15) is 4.31 Å². The van der Waals surface area contributed by atoms with Gasteiger partial charge in [-0.1, -0.05) is 54.6 Å². The first-order chi connectivity index (χ1) is 17.3. The van der Waals surface area contributed by atoms with E-state index in [2.05, 4.69) is 0 Å². The molecule has 2 aliphatic heterocycles. The molecule has 1 saturated heterocycles. The van der Waals surface area contributed by atoms with Crippen molar-refractivity contribution in [1.82, 2.24) is 9.21 Å². The van der Waals surface area contributed by atoms with Gasteiger partial charge in [-0.15, -0.1) is 0 Å². The zero-order valence-corrected chi connectivity index (χ0v) is 20.9. The number of hydrogen-bond donors (Lipinski definition) is 0. The first kappa shape index (κ1) is 23.0. The molecule has 0 aromatic heterocycles. The van der Waals surface area contributed by atoms with E-state index in [0.717, 1.165) is 20.5 Å². The Morgan fingerprint density at radius 2 is 1.44 bits per heavy atom. The summed E-state index contributed by atoms with van der Waals surface area (Å²) in [5, 5.41) is 3.23. The van der Waals surface area contributed by atoms with Crippen LogP contribution in [0.5, 0.6) is 0 Å². The van der Waals surface area contributed by atoms with Crippen LogP contribution in [0.15, 0.2) is 88.7 Å². The van der Waals surface area contributed by atoms with Crippen molar-refractivity contribution < 1.29 is 21.6 Å². The minimum Gasteiger partial charge on any atom is -0.338 e. The third-order valence-corrected chi connectivity index (χ3v) is 10.6. The number of hydrogen-bond acceptors (Lipinski definition) is 5. The Kier molecular flexibility index (Phi) is 5.29. The molecular formula is C26H23N3O5S2. The van der Waals surface area contributed by atoms with E-state index in [0.29, 0.717) is 11.1 Å². The zero-order valence-electron chi connectivity index (χ0n) is 19.2. The first-order valence-electron chi connectivity index (χ1n) is 11.6. The highest BCUT2D eigenvalue weighted by Gasteiger charge is 2.38. The summed E-state index contributed by atoms with van der Waals surface area (Å²) >= 11 is 0. The van der Waals surface area contributed by atoms with Crippen molar-refractivity contribution >= 4 is 53.2 Å². The van der Waals surface area contributed by atoms with Gasteiger partial charge in [-0.05, 0) is 40.4 Å². The Labute approximate surface area is 209 Å². The monoisotopic (exact) mass is 521 g/mol. The maximum absolute atomic E-state index is 13.2. The highest BCUT2D eigenvalue weighted by Crippen LogP contribution is 2.41. The lowest BCUT2D eigenvalue weighted by molar-refractivity contribution is -0.130. The number of sulfonamides is 2.